The minimum absolute atomic E-state index is 0.0667. The van der Waals surface area contributed by atoms with Crippen LogP contribution in [0.5, 0.6) is 5.75 Å². The standard InChI is InChI=1S/C21H16ClFN4O3/c22-16-10-14(11-25-27-21(29)15-4-3-9-24-12-15)7-8-19(16)30-13-20(28)26-18-6-2-1-5-17(18)23/h1-12H,13H2,(H,26,28)(H,27,29)/b25-11+. The summed E-state index contributed by atoms with van der Waals surface area (Å²) < 4.78 is 18.9. The van der Waals surface area contributed by atoms with Crippen molar-refractivity contribution in [2.75, 3.05) is 11.9 Å². The second kappa shape index (κ2) is 10.1. The molecule has 1 aromatic heterocycles. The van der Waals surface area contributed by atoms with Gasteiger partial charge in [-0.25, -0.2) is 9.82 Å². The van der Waals surface area contributed by atoms with Crippen LogP contribution in [0, 0.1) is 5.82 Å². The van der Waals surface area contributed by atoms with Crippen LogP contribution in [0.1, 0.15) is 15.9 Å². The molecule has 7 nitrogen and oxygen atoms in total. The number of hydrogen-bond acceptors (Lipinski definition) is 5. The molecule has 0 aliphatic rings. The minimum atomic E-state index is -0.539. The van der Waals surface area contributed by atoms with E-state index in [1.807, 2.05) is 0 Å². The van der Waals surface area contributed by atoms with Gasteiger partial charge in [0.1, 0.15) is 11.6 Å². The largest absolute Gasteiger partial charge is 0.482 e. The molecule has 2 amide bonds. The number of hydrazone groups is 1. The van der Waals surface area contributed by atoms with Gasteiger partial charge in [0.2, 0.25) is 0 Å². The molecule has 152 valence electrons. The van der Waals surface area contributed by atoms with E-state index in [0.717, 1.165) is 0 Å². The molecule has 0 saturated heterocycles. The maximum Gasteiger partial charge on any atom is 0.272 e. The van der Waals surface area contributed by atoms with Gasteiger partial charge in [-0.15, -0.1) is 0 Å². The zero-order chi connectivity index (χ0) is 21.3. The molecule has 0 bridgehead atoms. The number of carbonyl (C=O) groups is 2. The van der Waals surface area contributed by atoms with Gasteiger partial charge in [0.15, 0.2) is 6.61 Å². The molecule has 0 saturated carbocycles. The quantitative estimate of drug-likeness (QED) is 0.445. The fourth-order valence-electron chi connectivity index (χ4n) is 2.33. The summed E-state index contributed by atoms with van der Waals surface area (Å²) in [6.45, 7) is -0.345. The van der Waals surface area contributed by atoms with Crippen molar-refractivity contribution in [2.24, 2.45) is 5.10 Å². The van der Waals surface area contributed by atoms with Gasteiger partial charge in [-0.2, -0.15) is 5.10 Å². The van der Waals surface area contributed by atoms with Crippen molar-refractivity contribution in [3.05, 3.63) is 89.0 Å². The number of aromatic nitrogens is 1. The van der Waals surface area contributed by atoms with Crippen LogP contribution in [0.15, 0.2) is 72.1 Å². The normalized spacial score (nSPS) is 10.6. The van der Waals surface area contributed by atoms with Gasteiger partial charge in [0, 0.05) is 12.4 Å². The molecule has 3 aromatic rings. The van der Waals surface area contributed by atoms with E-state index >= 15 is 0 Å². The summed E-state index contributed by atoms with van der Waals surface area (Å²) in [4.78, 5) is 27.7. The van der Waals surface area contributed by atoms with Gasteiger partial charge >= 0.3 is 0 Å². The van der Waals surface area contributed by atoms with Gasteiger partial charge in [0.25, 0.3) is 11.8 Å². The van der Waals surface area contributed by atoms with Crippen LogP contribution in [-0.4, -0.2) is 29.6 Å². The number of pyridine rings is 1. The van der Waals surface area contributed by atoms with Gasteiger partial charge in [-0.05, 0) is 48.0 Å². The van der Waals surface area contributed by atoms with Gasteiger partial charge in [-0.3, -0.25) is 14.6 Å². The molecule has 0 unspecified atom stereocenters. The van der Waals surface area contributed by atoms with E-state index in [1.165, 1.54) is 30.6 Å². The number of ether oxygens (including phenoxy) is 1. The van der Waals surface area contributed by atoms with Crippen molar-refractivity contribution in [1.29, 1.82) is 0 Å². The van der Waals surface area contributed by atoms with E-state index in [2.05, 4.69) is 20.8 Å². The first kappa shape index (κ1) is 20.9. The molecule has 0 radical (unpaired) electrons. The van der Waals surface area contributed by atoms with E-state index < -0.39 is 17.6 Å². The van der Waals surface area contributed by atoms with Crippen molar-refractivity contribution < 1.29 is 18.7 Å². The molecule has 0 aliphatic carbocycles. The Morgan fingerprint density at radius 1 is 1.17 bits per heavy atom. The van der Waals surface area contributed by atoms with Crippen LogP contribution in [0.2, 0.25) is 5.02 Å². The number of hydrogen-bond donors (Lipinski definition) is 2. The van der Waals surface area contributed by atoms with E-state index in [9.17, 15) is 14.0 Å². The van der Waals surface area contributed by atoms with Crippen LogP contribution in [0.4, 0.5) is 10.1 Å². The number of nitrogens with zero attached hydrogens (tertiary/aromatic N) is 2. The topological polar surface area (TPSA) is 92.7 Å². The van der Waals surface area contributed by atoms with Gasteiger partial charge < -0.3 is 10.1 Å². The fraction of sp³-hybridized carbons (Fsp3) is 0.0476. The van der Waals surface area contributed by atoms with E-state index in [-0.39, 0.29) is 23.1 Å². The van der Waals surface area contributed by atoms with Gasteiger partial charge in [-0.1, -0.05) is 23.7 Å². The molecular formula is C21H16ClFN4O3. The average Bonchev–Trinajstić information content (AvgIpc) is 2.75. The zero-order valence-corrected chi connectivity index (χ0v) is 16.3. The smallest absolute Gasteiger partial charge is 0.272 e. The number of benzene rings is 2. The highest BCUT2D eigenvalue weighted by molar-refractivity contribution is 6.32. The first-order valence-corrected chi connectivity index (χ1v) is 9.11. The van der Waals surface area contributed by atoms with Gasteiger partial charge in [0.05, 0.1) is 22.5 Å². The molecule has 0 fully saturated rings. The molecule has 2 aromatic carbocycles. The molecule has 1 heterocycles. The summed E-state index contributed by atoms with van der Waals surface area (Å²) in [7, 11) is 0. The molecule has 0 aliphatic heterocycles. The van der Waals surface area contributed by atoms with E-state index in [4.69, 9.17) is 16.3 Å². The number of rotatable bonds is 7. The number of carbonyl (C=O) groups excluding carboxylic acids is 2. The SMILES string of the molecule is O=C(COc1ccc(/C=N/NC(=O)c2cccnc2)cc1Cl)Nc1ccccc1F. The monoisotopic (exact) mass is 426 g/mol. The molecule has 9 heteroatoms. The predicted molar refractivity (Wildman–Crippen MR) is 111 cm³/mol. The highest BCUT2D eigenvalue weighted by Crippen LogP contribution is 2.25. The summed E-state index contributed by atoms with van der Waals surface area (Å²) >= 11 is 6.16. The zero-order valence-electron chi connectivity index (χ0n) is 15.5. The van der Waals surface area contributed by atoms with Crippen molar-refractivity contribution in [3.63, 3.8) is 0 Å². The van der Waals surface area contributed by atoms with Crippen LogP contribution >= 0.6 is 11.6 Å². The lowest BCUT2D eigenvalue weighted by molar-refractivity contribution is -0.118. The molecule has 0 spiro atoms. The summed E-state index contributed by atoms with van der Waals surface area (Å²) in [6.07, 6.45) is 4.40. The van der Waals surface area contributed by atoms with Crippen LogP contribution in [0.3, 0.4) is 0 Å². The Labute approximate surface area is 176 Å². The Hall–Kier alpha value is -3.78. The number of nitrogens with one attached hydrogen (secondary N) is 2. The Morgan fingerprint density at radius 3 is 2.73 bits per heavy atom. The average molecular weight is 427 g/mol. The fourth-order valence-corrected chi connectivity index (χ4v) is 2.58. The minimum Gasteiger partial charge on any atom is -0.482 e. The third kappa shape index (κ3) is 5.86. The van der Waals surface area contributed by atoms with Crippen LogP contribution in [0.25, 0.3) is 0 Å². The van der Waals surface area contributed by atoms with Crippen molar-refractivity contribution in [3.8, 4) is 5.75 Å². The molecule has 3 rings (SSSR count). The summed E-state index contributed by atoms with van der Waals surface area (Å²) in [5, 5.41) is 6.53. The highest BCUT2D eigenvalue weighted by Gasteiger charge is 2.09. The highest BCUT2D eigenvalue weighted by atomic mass is 35.5. The lowest BCUT2D eigenvalue weighted by Gasteiger charge is -2.09. The second-order valence-corrected chi connectivity index (χ2v) is 6.35. The number of halogens is 2. The second-order valence-electron chi connectivity index (χ2n) is 5.95. The van der Waals surface area contributed by atoms with E-state index in [0.29, 0.717) is 11.1 Å². The first-order chi connectivity index (χ1) is 14.5. The maximum absolute atomic E-state index is 13.6. The number of para-hydroxylation sites is 1. The Kier molecular flexibility index (Phi) is 7.07. The summed E-state index contributed by atoms with van der Waals surface area (Å²) in [6, 6.07) is 13.8. The molecule has 0 atom stereocenters. The third-order valence-corrected chi connectivity index (χ3v) is 4.06. The number of anilines is 1. The number of amides is 2. The van der Waals surface area contributed by atoms with Crippen molar-refractivity contribution in [2.45, 2.75) is 0 Å². The van der Waals surface area contributed by atoms with Crippen molar-refractivity contribution in [1.82, 2.24) is 10.4 Å². The Bertz CT molecular complexity index is 1080. The molecule has 30 heavy (non-hydrogen) atoms. The van der Waals surface area contributed by atoms with Crippen LogP contribution < -0.4 is 15.5 Å². The lowest BCUT2D eigenvalue weighted by Crippen LogP contribution is -2.20. The Morgan fingerprint density at radius 2 is 2.00 bits per heavy atom. The Balaban J connectivity index is 1.53. The van der Waals surface area contributed by atoms with Crippen LogP contribution in [-0.2, 0) is 4.79 Å². The molecule has 2 N–H and O–H groups in total. The maximum atomic E-state index is 13.6. The summed E-state index contributed by atoms with van der Waals surface area (Å²) in [5.74, 6) is -1.19. The third-order valence-electron chi connectivity index (χ3n) is 3.77. The van der Waals surface area contributed by atoms with Crippen molar-refractivity contribution >= 4 is 35.3 Å². The summed E-state index contributed by atoms with van der Waals surface area (Å²) in [5.41, 5.74) is 3.43. The first-order valence-electron chi connectivity index (χ1n) is 8.73. The van der Waals surface area contributed by atoms with E-state index in [1.54, 1.807) is 42.6 Å². The lowest BCUT2D eigenvalue weighted by atomic mass is 10.2. The predicted octanol–water partition coefficient (Wildman–Crippen LogP) is 3.66. The molecular weight excluding hydrogens is 411 g/mol.